The molecule has 0 aliphatic rings. The predicted octanol–water partition coefficient (Wildman–Crippen LogP) is 2.94. The highest BCUT2D eigenvalue weighted by molar-refractivity contribution is 5.03. The minimum atomic E-state index is 0.245. The van der Waals surface area contributed by atoms with Crippen molar-refractivity contribution in [3.8, 4) is 0 Å². The second kappa shape index (κ2) is 4.42. The van der Waals surface area contributed by atoms with Crippen LogP contribution in [0.3, 0.4) is 0 Å². The molecule has 0 aromatic heterocycles. The molecule has 0 fully saturated rings. The first kappa shape index (κ1) is 10.5. The molecule has 0 atom stereocenters. The van der Waals surface area contributed by atoms with Gasteiger partial charge in [0.25, 0.3) is 0 Å². The summed E-state index contributed by atoms with van der Waals surface area (Å²) in [6, 6.07) is 0. The predicted molar refractivity (Wildman–Crippen MR) is 51.5 cm³/mol. The Labute approximate surface area is 70.9 Å². The van der Waals surface area contributed by atoms with E-state index in [4.69, 9.17) is 0 Å². The quantitative estimate of drug-likeness (QED) is 0.643. The third kappa shape index (κ3) is 3.45. The maximum Gasteiger partial charge on any atom is 0.0141 e. The summed E-state index contributed by atoms with van der Waals surface area (Å²) in [4.78, 5) is 0. The number of nitrogens with one attached hydrogen (secondary N) is 1. The Hall–Kier alpha value is -0.460. The maximum absolute atomic E-state index is 4.02. The molecule has 0 saturated heterocycles. The average molecular weight is 155 g/mol. The van der Waals surface area contributed by atoms with E-state index < -0.39 is 0 Å². The lowest BCUT2D eigenvalue weighted by molar-refractivity contribution is 0.399. The van der Waals surface area contributed by atoms with E-state index in [9.17, 15) is 0 Å². The third-order valence-electron chi connectivity index (χ3n) is 2.29. The molecule has 0 aliphatic carbocycles. The molecule has 11 heavy (non-hydrogen) atoms. The van der Waals surface area contributed by atoms with Gasteiger partial charge in [-0.3, -0.25) is 0 Å². The van der Waals surface area contributed by atoms with Crippen LogP contribution in [-0.2, 0) is 0 Å². The zero-order valence-electron chi connectivity index (χ0n) is 8.33. The summed E-state index contributed by atoms with van der Waals surface area (Å²) in [5.41, 5.74) is 1.41. The normalized spacial score (nSPS) is 11.3. The first-order valence-electron chi connectivity index (χ1n) is 4.47. The van der Waals surface area contributed by atoms with Gasteiger partial charge >= 0.3 is 0 Å². The van der Waals surface area contributed by atoms with Gasteiger partial charge in [-0.2, -0.15) is 0 Å². The molecule has 0 heterocycles. The number of hydrogen-bond donors (Lipinski definition) is 1. The largest absolute Gasteiger partial charge is 0.388 e. The van der Waals surface area contributed by atoms with Crippen molar-refractivity contribution in [1.82, 2.24) is 5.32 Å². The molecule has 0 rings (SSSR count). The van der Waals surface area contributed by atoms with Crippen molar-refractivity contribution in [3.63, 3.8) is 0 Å². The lowest BCUT2D eigenvalue weighted by atomic mass is 9.87. The summed E-state index contributed by atoms with van der Waals surface area (Å²) in [6.45, 7) is 13.9. The van der Waals surface area contributed by atoms with Crippen molar-refractivity contribution in [2.45, 2.75) is 40.5 Å². The molecule has 0 aromatic carbocycles. The molecular formula is C10H21N. The minimum Gasteiger partial charge on any atom is -0.388 e. The Morgan fingerprint density at radius 3 is 2.27 bits per heavy atom. The third-order valence-corrected chi connectivity index (χ3v) is 2.29. The Kier molecular flexibility index (Phi) is 4.24. The number of allylic oxidation sites excluding steroid dienone is 1. The van der Waals surface area contributed by atoms with Gasteiger partial charge in [0, 0.05) is 17.7 Å². The van der Waals surface area contributed by atoms with Crippen molar-refractivity contribution in [3.05, 3.63) is 12.3 Å². The molecule has 0 radical (unpaired) electrons. The van der Waals surface area contributed by atoms with Crippen molar-refractivity contribution < 1.29 is 0 Å². The van der Waals surface area contributed by atoms with Gasteiger partial charge in [0.1, 0.15) is 0 Å². The van der Waals surface area contributed by atoms with Crippen molar-refractivity contribution in [2.75, 3.05) is 6.54 Å². The van der Waals surface area contributed by atoms with Crippen LogP contribution in [-0.4, -0.2) is 6.54 Å². The van der Waals surface area contributed by atoms with E-state index in [-0.39, 0.29) is 5.41 Å². The molecule has 0 aliphatic heterocycles. The number of rotatable bonds is 5. The second-order valence-corrected chi connectivity index (χ2v) is 3.64. The molecule has 1 N–H and O–H groups in total. The van der Waals surface area contributed by atoms with Crippen LogP contribution in [0, 0.1) is 5.41 Å². The highest BCUT2D eigenvalue weighted by Crippen LogP contribution is 2.26. The van der Waals surface area contributed by atoms with E-state index in [0.29, 0.717) is 0 Å². The van der Waals surface area contributed by atoms with Crippen LogP contribution in [0.4, 0.5) is 0 Å². The zero-order chi connectivity index (χ0) is 8.91. The van der Waals surface area contributed by atoms with E-state index >= 15 is 0 Å². The molecule has 0 unspecified atom stereocenters. The first-order chi connectivity index (χ1) is 5.04. The first-order valence-corrected chi connectivity index (χ1v) is 4.47. The van der Waals surface area contributed by atoms with Crippen LogP contribution < -0.4 is 5.32 Å². The van der Waals surface area contributed by atoms with E-state index in [1.807, 2.05) is 0 Å². The van der Waals surface area contributed by atoms with E-state index in [0.717, 1.165) is 13.0 Å². The van der Waals surface area contributed by atoms with Gasteiger partial charge in [0.2, 0.25) is 0 Å². The fourth-order valence-corrected chi connectivity index (χ4v) is 0.729. The highest BCUT2D eigenvalue weighted by atomic mass is 14.9. The van der Waals surface area contributed by atoms with Crippen LogP contribution in [0.2, 0.25) is 0 Å². The van der Waals surface area contributed by atoms with Gasteiger partial charge < -0.3 is 5.32 Å². The Morgan fingerprint density at radius 2 is 1.91 bits per heavy atom. The van der Waals surface area contributed by atoms with Gasteiger partial charge in [-0.05, 0) is 12.8 Å². The minimum absolute atomic E-state index is 0.245. The fraction of sp³-hybridized carbons (Fsp3) is 0.800. The smallest absolute Gasteiger partial charge is 0.0141 e. The SMILES string of the molecule is C=C(NCCC)C(C)(C)CC. The Morgan fingerprint density at radius 1 is 1.36 bits per heavy atom. The summed E-state index contributed by atoms with van der Waals surface area (Å²) >= 11 is 0. The summed E-state index contributed by atoms with van der Waals surface area (Å²) in [5, 5.41) is 3.33. The summed E-state index contributed by atoms with van der Waals surface area (Å²) in [7, 11) is 0. The number of hydrogen-bond acceptors (Lipinski definition) is 1. The summed E-state index contributed by atoms with van der Waals surface area (Å²) in [6.07, 6.45) is 2.31. The molecule has 1 heteroatoms. The Balaban J connectivity index is 3.82. The van der Waals surface area contributed by atoms with Crippen LogP contribution in [0.15, 0.2) is 12.3 Å². The van der Waals surface area contributed by atoms with Crippen LogP contribution in [0.1, 0.15) is 40.5 Å². The van der Waals surface area contributed by atoms with Crippen LogP contribution in [0.5, 0.6) is 0 Å². The average Bonchev–Trinajstić information content (AvgIpc) is 2.00. The molecule has 0 aromatic rings. The summed E-state index contributed by atoms with van der Waals surface area (Å²) < 4.78 is 0. The topological polar surface area (TPSA) is 12.0 Å². The standard InChI is InChI=1S/C10H21N/c1-6-8-11-9(3)10(4,5)7-2/h11H,3,6-8H2,1-2,4-5H3. The van der Waals surface area contributed by atoms with Crippen LogP contribution in [0.25, 0.3) is 0 Å². The molecule has 0 bridgehead atoms. The van der Waals surface area contributed by atoms with Crippen molar-refractivity contribution in [1.29, 1.82) is 0 Å². The second-order valence-electron chi connectivity index (χ2n) is 3.64. The van der Waals surface area contributed by atoms with Gasteiger partial charge in [-0.25, -0.2) is 0 Å². The van der Waals surface area contributed by atoms with Gasteiger partial charge in [-0.15, -0.1) is 0 Å². The molecule has 0 saturated carbocycles. The van der Waals surface area contributed by atoms with Crippen LogP contribution >= 0.6 is 0 Å². The van der Waals surface area contributed by atoms with Gasteiger partial charge in [-0.1, -0.05) is 34.3 Å². The summed E-state index contributed by atoms with van der Waals surface area (Å²) in [5.74, 6) is 0. The molecule has 0 spiro atoms. The fourth-order valence-electron chi connectivity index (χ4n) is 0.729. The molecule has 66 valence electrons. The van der Waals surface area contributed by atoms with E-state index in [1.54, 1.807) is 0 Å². The Bertz CT molecular complexity index is 125. The highest BCUT2D eigenvalue weighted by Gasteiger charge is 2.18. The maximum atomic E-state index is 4.02. The van der Waals surface area contributed by atoms with Gasteiger partial charge in [0.15, 0.2) is 0 Å². The molecule has 0 amide bonds. The van der Waals surface area contributed by atoms with E-state index in [2.05, 4.69) is 39.6 Å². The molecular weight excluding hydrogens is 134 g/mol. The van der Waals surface area contributed by atoms with Gasteiger partial charge in [0.05, 0.1) is 0 Å². The van der Waals surface area contributed by atoms with Crippen molar-refractivity contribution in [2.24, 2.45) is 5.41 Å². The lowest BCUT2D eigenvalue weighted by Gasteiger charge is -2.26. The van der Waals surface area contributed by atoms with E-state index in [1.165, 1.54) is 12.1 Å². The zero-order valence-corrected chi connectivity index (χ0v) is 8.33. The lowest BCUT2D eigenvalue weighted by Crippen LogP contribution is -2.25. The molecule has 1 nitrogen and oxygen atoms in total. The monoisotopic (exact) mass is 155 g/mol. The van der Waals surface area contributed by atoms with Crippen molar-refractivity contribution >= 4 is 0 Å².